The lowest BCUT2D eigenvalue weighted by Gasteiger charge is -2.33. The molecule has 5 rings (SSSR count). The molecule has 1 saturated carbocycles. The van der Waals surface area contributed by atoms with E-state index in [1.165, 1.54) is 37.7 Å². The van der Waals surface area contributed by atoms with Crippen molar-refractivity contribution in [3.63, 3.8) is 0 Å². The Hall–Kier alpha value is -2.20. The standard InChI is InChI=1S/C33H44N4O3S2.ClH/c38-31(34-28-16-18-36(19-17-28)20-25-10-4-1-5-11-25)29(22-41-21-26-12-6-2-7-13-26)35-32(39)30-23-42-24-37(30)33(40)27-14-8-3-9-15-27;/h1,3-5,8-11,14-15,26,28-30H,2,6-7,12-13,16-24H2,(H,34,38)(H,35,39);1H/t29-,30-;/m0./s1. The number of benzene rings is 2. The second-order valence-electron chi connectivity index (χ2n) is 11.8. The fraction of sp³-hybridized carbons (Fsp3) is 0.545. The predicted molar refractivity (Wildman–Crippen MR) is 180 cm³/mol. The van der Waals surface area contributed by atoms with Crippen LogP contribution in [0.15, 0.2) is 60.7 Å². The largest absolute Gasteiger partial charge is 0.351 e. The molecule has 2 heterocycles. The van der Waals surface area contributed by atoms with E-state index in [2.05, 4.69) is 39.8 Å². The van der Waals surface area contributed by atoms with Gasteiger partial charge in [-0.15, -0.1) is 24.2 Å². The van der Waals surface area contributed by atoms with Gasteiger partial charge in [0.05, 0.1) is 5.88 Å². The first-order valence-electron chi connectivity index (χ1n) is 15.5. The van der Waals surface area contributed by atoms with Gasteiger partial charge >= 0.3 is 0 Å². The summed E-state index contributed by atoms with van der Waals surface area (Å²) in [4.78, 5) is 44.4. The van der Waals surface area contributed by atoms with Gasteiger partial charge in [-0.1, -0.05) is 67.8 Å². The summed E-state index contributed by atoms with van der Waals surface area (Å²) in [7, 11) is 0. The molecule has 3 aliphatic rings. The lowest BCUT2D eigenvalue weighted by Crippen LogP contribution is -2.56. The molecule has 2 aliphatic heterocycles. The molecule has 0 aromatic heterocycles. The highest BCUT2D eigenvalue weighted by atomic mass is 35.5. The molecule has 1 aliphatic carbocycles. The summed E-state index contributed by atoms with van der Waals surface area (Å²) in [6, 6.07) is 18.5. The quantitative estimate of drug-likeness (QED) is 0.350. The van der Waals surface area contributed by atoms with E-state index in [1.54, 1.807) is 40.6 Å². The molecule has 10 heteroatoms. The van der Waals surface area contributed by atoms with Crippen molar-refractivity contribution in [2.24, 2.45) is 5.92 Å². The number of halogens is 1. The van der Waals surface area contributed by atoms with E-state index in [-0.39, 0.29) is 36.2 Å². The molecule has 0 bridgehead atoms. The smallest absolute Gasteiger partial charge is 0.255 e. The summed E-state index contributed by atoms with van der Waals surface area (Å²) < 4.78 is 0. The fourth-order valence-corrected chi connectivity index (χ4v) is 8.57. The molecule has 234 valence electrons. The predicted octanol–water partition coefficient (Wildman–Crippen LogP) is 5.20. The Bertz CT molecular complexity index is 1160. The van der Waals surface area contributed by atoms with Crippen LogP contribution < -0.4 is 10.6 Å². The number of amides is 3. The van der Waals surface area contributed by atoms with Gasteiger partial charge in [-0.25, -0.2) is 0 Å². The second kappa shape index (κ2) is 17.3. The van der Waals surface area contributed by atoms with Gasteiger partial charge in [0.2, 0.25) is 11.8 Å². The zero-order chi connectivity index (χ0) is 29.1. The summed E-state index contributed by atoms with van der Waals surface area (Å²) in [6.07, 6.45) is 8.21. The van der Waals surface area contributed by atoms with Crippen molar-refractivity contribution in [1.29, 1.82) is 0 Å². The minimum atomic E-state index is -0.618. The maximum Gasteiger partial charge on any atom is 0.255 e. The maximum atomic E-state index is 13.6. The molecule has 2 N–H and O–H groups in total. The van der Waals surface area contributed by atoms with Crippen LogP contribution in [0.4, 0.5) is 0 Å². The third-order valence-corrected chi connectivity index (χ3v) is 10.9. The minimum Gasteiger partial charge on any atom is -0.351 e. The number of thioether (sulfide) groups is 2. The van der Waals surface area contributed by atoms with Crippen molar-refractivity contribution in [2.75, 3.05) is 36.2 Å². The highest BCUT2D eigenvalue weighted by Gasteiger charge is 2.37. The maximum absolute atomic E-state index is 13.6. The number of carbonyl (C=O) groups is 3. The average Bonchev–Trinajstić information content (AvgIpc) is 3.53. The number of hydrogen-bond donors (Lipinski definition) is 2. The average molecular weight is 645 g/mol. The molecule has 3 amide bonds. The monoisotopic (exact) mass is 644 g/mol. The van der Waals surface area contributed by atoms with Gasteiger partial charge in [0.15, 0.2) is 0 Å². The Labute approximate surface area is 271 Å². The molecule has 0 radical (unpaired) electrons. The molecule has 2 atom stereocenters. The Morgan fingerprint density at radius 3 is 2.28 bits per heavy atom. The van der Waals surface area contributed by atoms with Crippen LogP contribution in [0.2, 0.25) is 0 Å². The molecule has 43 heavy (non-hydrogen) atoms. The van der Waals surface area contributed by atoms with Crippen LogP contribution in [-0.4, -0.2) is 81.9 Å². The van der Waals surface area contributed by atoms with Crippen molar-refractivity contribution in [2.45, 2.75) is 69.6 Å². The molecule has 0 unspecified atom stereocenters. The van der Waals surface area contributed by atoms with E-state index in [0.29, 0.717) is 28.9 Å². The zero-order valence-electron chi connectivity index (χ0n) is 24.8. The Morgan fingerprint density at radius 2 is 1.58 bits per heavy atom. The van der Waals surface area contributed by atoms with E-state index >= 15 is 0 Å². The van der Waals surface area contributed by atoms with Gasteiger partial charge in [0, 0.05) is 42.7 Å². The molecule has 0 spiro atoms. The van der Waals surface area contributed by atoms with Crippen LogP contribution >= 0.6 is 35.9 Å². The third-order valence-electron chi connectivity index (χ3n) is 8.65. The molecule has 2 aromatic rings. The third kappa shape index (κ3) is 9.90. The number of nitrogens with one attached hydrogen (secondary N) is 2. The fourth-order valence-electron chi connectivity index (χ4n) is 6.14. The summed E-state index contributed by atoms with van der Waals surface area (Å²) in [6.45, 7) is 2.79. The topological polar surface area (TPSA) is 81.8 Å². The summed E-state index contributed by atoms with van der Waals surface area (Å²) >= 11 is 3.36. The Morgan fingerprint density at radius 1 is 0.907 bits per heavy atom. The van der Waals surface area contributed by atoms with Gasteiger partial charge in [-0.3, -0.25) is 19.3 Å². The van der Waals surface area contributed by atoms with E-state index in [4.69, 9.17) is 0 Å². The van der Waals surface area contributed by atoms with Gasteiger partial charge in [-0.2, -0.15) is 11.8 Å². The van der Waals surface area contributed by atoms with Crippen molar-refractivity contribution in [3.05, 3.63) is 71.8 Å². The lowest BCUT2D eigenvalue weighted by molar-refractivity contribution is -0.130. The van der Waals surface area contributed by atoms with Gasteiger partial charge in [0.25, 0.3) is 5.91 Å². The molecular weight excluding hydrogens is 600 g/mol. The Balaban J connectivity index is 0.00000423. The van der Waals surface area contributed by atoms with Gasteiger partial charge in [-0.05, 0) is 55.1 Å². The molecule has 3 fully saturated rings. The van der Waals surface area contributed by atoms with Gasteiger partial charge < -0.3 is 15.5 Å². The Kier molecular flexibility index (Phi) is 13.6. The normalized spacial score (nSPS) is 20.7. The number of piperidine rings is 1. The summed E-state index contributed by atoms with van der Waals surface area (Å²) in [5, 5.41) is 6.34. The SMILES string of the molecule is Cl.O=C(NC1CCN(Cc2ccccc2)CC1)[C@H](CSCC1CCCCC1)NC(=O)[C@@H]1CSCN1C(=O)c1ccccc1. The van der Waals surface area contributed by atoms with Crippen molar-refractivity contribution >= 4 is 53.7 Å². The van der Waals surface area contributed by atoms with E-state index < -0.39 is 12.1 Å². The van der Waals surface area contributed by atoms with Crippen LogP contribution in [-0.2, 0) is 16.1 Å². The molecular formula is C33H45ClN4O3S2. The van der Waals surface area contributed by atoms with E-state index in [1.807, 2.05) is 24.3 Å². The van der Waals surface area contributed by atoms with Crippen LogP contribution in [0, 0.1) is 5.92 Å². The highest BCUT2D eigenvalue weighted by molar-refractivity contribution is 7.99. The van der Waals surface area contributed by atoms with E-state index in [0.717, 1.165) is 38.2 Å². The molecule has 7 nitrogen and oxygen atoms in total. The second-order valence-corrected chi connectivity index (χ2v) is 13.9. The molecule has 2 saturated heterocycles. The number of nitrogens with zero attached hydrogens (tertiary/aromatic N) is 2. The first kappa shape index (κ1) is 33.7. The summed E-state index contributed by atoms with van der Waals surface area (Å²) in [5.41, 5.74) is 1.89. The first-order valence-corrected chi connectivity index (χ1v) is 17.8. The van der Waals surface area contributed by atoms with Crippen LogP contribution in [0.5, 0.6) is 0 Å². The van der Waals surface area contributed by atoms with Crippen LogP contribution in [0.1, 0.15) is 60.9 Å². The van der Waals surface area contributed by atoms with Crippen molar-refractivity contribution in [1.82, 2.24) is 20.4 Å². The summed E-state index contributed by atoms with van der Waals surface area (Å²) in [5.74, 6) is 2.79. The van der Waals surface area contributed by atoms with Crippen LogP contribution in [0.25, 0.3) is 0 Å². The van der Waals surface area contributed by atoms with Crippen molar-refractivity contribution in [3.8, 4) is 0 Å². The molecule has 2 aromatic carbocycles. The zero-order valence-corrected chi connectivity index (χ0v) is 27.3. The number of carbonyl (C=O) groups excluding carboxylic acids is 3. The minimum absolute atomic E-state index is 0. The van der Waals surface area contributed by atoms with Crippen molar-refractivity contribution < 1.29 is 14.4 Å². The van der Waals surface area contributed by atoms with Gasteiger partial charge in [0.1, 0.15) is 12.1 Å². The number of hydrogen-bond acceptors (Lipinski definition) is 6. The van der Waals surface area contributed by atoms with E-state index in [9.17, 15) is 14.4 Å². The number of rotatable bonds is 11. The first-order chi connectivity index (χ1) is 20.6. The number of likely N-dealkylation sites (tertiary alicyclic amines) is 1. The highest BCUT2D eigenvalue weighted by Crippen LogP contribution is 2.27. The lowest BCUT2D eigenvalue weighted by atomic mass is 9.91. The van der Waals surface area contributed by atoms with Crippen LogP contribution in [0.3, 0.4) is 0 Å².